The van der Waals surface area contributed by atoms with Crippen LogP contribution in [0.2, 0.25) is 5.02 Å². The number of ether oxygens (including phenoxy) is 1. The molecule has 2 aromatic rings. The van der Waals surface area contributed by atoms with Gasteiger partial charge < -0.3 is 10.5 Å². The van der Waals surface area contributed by atoms with Crippen LogP contribution in [-0.4, -0.2) is 6.54 Å². The quantitative estimate of drug-likeness (QED) is 0.913. The molecule has 2 N–H and O–H groups in total. The lowest BCUT2D eigenvalue weighted by Gasteiger charge is -2.12. The zero-order valence-electron chi connectivity index (χ0n) is 9.70. The number of hydrogen-bond donors (Lipinski definition) is 1. The fraction of sp³-hybridized carbons (Fsp3) is 0.143. The first kappa shape index (κ1) is 12.9. The highest BCUT2D eigenvalue weighted by Crippen LogP contribution is 2.30. The van der Waals surface area contributed by atoms with E-state index < -0.39 is 0 Å². The van der Waals surface area contributed by atoms with E-state index in [2.05, 4.69) is 0 Å². The number of rotatable bonds is 4. The van der Waals surface area contributed by atoms with Crippen molar-refractivity contribution < 1.29 is 9.13 Å². The highest BCUT2D eigenvalue weighted by molar-refractivity contribution is 6.31. The summed E-state index contributed by atoms with van der Waals surface area (Å²) < 4.78 is 18.7. The van der Waals surface area contributed by atoms with Gasteiger partial charge in [0.05, 0.1) is 0 Å². The second kappa shape index (κ2) is 5.85. The topological polar surface area (TPSA) is 35.2 Å². The molecule has 0 spiro atoms. The Bertz CT molecular complexity index is 545. The molecule has 0 aliphatic carbocycles. The Hall–Kier alpha value is -1.58. The molecular formula is C14H13ClFNO. The third-order valence-electron chi connectivity index (χ3n) is 2.49. The van der Waals surface area contributed by atoms with Gasteiger partial charge in [0, 0.05) is 16.7 Å². The fourth-order valence-corrected chi connectivity index (χ4v) is 1.94. The molecule has 0 saturated heterocycles. The molecule has 2 aromatic carbocycles. The van der Waals surface area contributed by atoms with Crippen molar-refractivity contribution in [1.82, 2.24) is 0 Å². The van der Waals surface area contributed by atoms with E-state index in [9.17, 15) is 4.39 Å². The third kappa shape index (κ3) is 3.00. The minimum atomic E-state index is -0.338. The predicted octanol–water partition coefficient (Wildman–Crippen LogP) is 3.77. The molecule has 94 valence electrons. The van der Waals surface area contributed by atoms with Crippen molar-refractivity contribution in [1.29, 1.82) is 0 Å². The van der Waals surface area contributed by atoms with Crippen LogP contribution in [0.5, 0.6) is 11.5 Å². The molecule has 0 heterocycles. The SMILES string of the molecule is NCCc1c(Cl)cccc1Oc1cccc(F)c1. The summed E-state index contributed by atoms with van der Waals surface area (Å²) in [6, 6.07) is 11.3. The molecule has 0 bridgehead atoms. The molecule has 2 rings (SSSR count). The van der Waals surface area contributed by atoms with Crippen LogP contribution in [0.4, 0.5) is 4.39 Å². The summed E-state index contributed by atoms with van der Waals surface area (Å²) in [6.45, 7) is 0.475. The molecule has 18 heavy (non-hydrogen) atoms. The summed E-state index contributed by atoms with van der Waals surface area (Å²) in [4.78, 5) is 0. The molecule has 4 heteroatoms. The summed E-state index contributed by atoms with van der Waals surface area (Å²) in [7, 11) is 0. The molecule has 0 atom stereocenters. The van der Waals surface area contributed by atoms with Gasteiger partial charge in [0.2, 0.25) is 0 Å². The summed E-state index contributed by atoms with van der Waals surface area (Å²) >= 11 is 6.10. The smallest absolute Gasteiger partial charge is 0.132 e. The second-order valence-electron chi connectivity index (χ2n) is 3.81. The van der Waals surface area contributed by atoms with Crippen molar-refractivity contribution in [3.05, 3.63) is 58.9 Å². The van der Waals surface area contributed by atoms with Crippen molar-refractivity contribution in [2.75, 3.05) is 6.54 Å². The molecular weight excluding hydrogens is 253 g/mol. The van der Waals surface area contributed by atoms with Crippen LogP contribution in [0, 0.1) is 5.82 Å². The normalized spacial score (nSPS) is 10.4. The van der Waals surface area contributed by atoms with Crippen LogP contribution in [0.3, 0.4) is 0 Å². The number of benzene rings is 2. The number of halogens is 2. The molecule has 0 radical (unpaired) electrons. The molecule has 0 fully saturated rings. The predicted molar refractivity (Wildman–Crippen MR) is 70.7 cm³/mol. The maximum Gasteiger partial charge on any atom is 0.132 e. The summed E-state index contributed by atoms with van der Waals surface area (Å²) in [6.07, 6.45) is 0.615. The van der Waals surface area contributed by atoms with Crippen LogP contribution in [0.25, 0.3) is 0 Å². The first-order valence-corrected chi connectivity index (χ1v) is 5.99. The van der Waals surface area contributed by atoms with Crippen molar-refractivity contribution in [2.24, 2.45) is 5.73 Å². The van der Waals surface area contributed by atoms with E-state index in [4.69, 9.17) is 22.1 Å². The molecule has 0 aromatic heterocycles. The Morgan fingerprint density at radius 2 is 1.94 bits per heavy atom. The van der Waals surface area contributed by atoms with Gasteiger partial charge >= 0.3 is 0 Å². The Labute approximate surface area is 110 Å². The lowest BCUT2D eigenvalue weighted by Crippen LogP contribution is -2.04. The van der Waals surface area contributed by atoms with Crippen LogP contribution in [-0.2, 0) is 6.42 Å². The summed E-state index contributed by atoms with van der Waals surface area (Å²) in [5.74, 6) is 0.712. The van der Waals surface area contributed by atoms with Gasteiger partial charge in [-0.15, -0.1) is 0 Å². The van der Waals surface area contributed by atoms with Crippen LogP contribution in [0.15, 0.2) is 42.5 Å². The van der Waals surface area contributed by atoms with Crippen molar-refractivity contribution in [3.63, 3.8) is 0 Å². The lowest BCUT2D eigenvalue weighted by molar-refractivity contribution is 0.471. The highest BCUT2D eigenvalue weighted by atomic mass is 35.5. The molecule has 0 unspecified atom stereocenters. The first-order chi connectivity index (χ1) is 8.70. The zero-order chi connectivity index (χ0) is 13.0. The molecule has 0 saturated carbocycles. The molecule has 0 aliphatic heterocycles. The zero-order valence-corrected chi connectivity index (χ0v) is 10.5. The fourth-order valence-electron chi connectivity index (χ4n) is 1.68. The van der Waals surface area contributed by atoms with E-state index in [1.807, 2.05) is 0 Å². The standard InChI is InChI=1S/C14H13ClFNO/c15-13-5-2-6-14(12(13)7-8-17)18-11-4-1-3-10(16)9-11/h1-6,9H,7-8,17H2. The highest BCUT2D eigenvalue weighted by Gasteiger charge is 2.08. The van der Waals surface area contributed by atoms with Gasteiger partial charge in [0.25, 0.3) is 0 Å². The Kier molecular flexibility index (Phi) is 4.18. The van der Waals surface area contributed by atoms with E-state index >= 15 is 0 Å². The third-order valence-corrected chi connectivity index (χ3v) is 2.85. The van der Waals surface area contributed by atoms with Crippen LogP contribution in [0.1, 0.15) is 5.56 Å². The van der Waals surface area contributed by atoms with Gasteiger partial charge in [-0.05, 0) is 37.2 Å². The Morgan fingerprint density at radius 1 is 1.17 bits per heavy atom. The van der Waals surface area contributed by atoms with Gasteiger partial charge in [0.1, 0.15) is 17.3 Å². The molecule has 0 aliphatic rings. The van der Waals surface area contributed by atoms with Crippen LogP contribution >= 0.6 is 11.6 Å². The van der Waals surface area contributed by atoms with E-state index in [1.54, 1.807) is 30.3 Å². The number of hydrogen-bond acceptors (Lipinski definition) is 2. The minimum absolute atomic E-state index is 0.338. The van der Waals surface area contributed by atoms with Gasteiger partial charge in [-0.1, -0.05) is 23.7 Å². The van der Waals surface area contributed by atoms with E-state index in [0.29, 0.717) is 29.5 Å². The Balaban J connectivity index is 2.31. The Morgan fingerprint density at radius 3 is 2.67 bits per heavy atom. The average Bonchev–Trinajstić information content (AvgIpc) is 2.34. The van der Waals surface area contributed by atoms with E-state index in [1.165, 1.54) is 12.1 Å². The maximum absolute atomic E-state index is 13.1. The van der Waals surface area contributed by atoms with Crippen molar-refractivity contribution in [3.8, 4) is 11.5 Å². The van der Waals surface area contributed by atoms with Gasteiger partial charge in [-0.25, -0.2) is 4.39 Å². The van der Waals surface area contributed by atoms with E-state index in [0.717, 1.165) is 5.56 Å². The largest absolute Gasteiger partial charge is 0.457 e. The number of nitrogens with two attached hydrogens (primary N) is 1. The average molecular weight is 266 g/mol. The van der Waals surface area contributed by atoms with E-state index in [-0.39, 0.29) is 5.82 Å². The second-order valence-corrected chi connectivity index (χ2v) is 4.22. The molecule has 0 amide bonds. The van der Waals surface area contributed by atoms with Gasteiger partial charge in [-0.3, -0.25) is 0 Å². The maximum atomic E-state index is 13.1. The lowest BCUT2D eigenvalue weighted by atomic mass is 10.1. The summed E-state index contributed by atoms with van der Waals surface area (Å²) in [5.41, 5.74) is 6.38. The minimum Gasteiger partial charge on any atom is -0.457 e. The molecule has 2 nitrogen and oxygen atoms in total. The summed E-state index contributed by atoms with van der Waals surface area (Å²) in [5, 5.41) is 0.606. The van der Waals surface area contributed by atoms with Crippen molar-refractivity contribution in [2.45, 2.75) is 6.42 Å². The van der Waals surface area contributed by atoms with Crippen LogP contribution < -0.4 is 10.5 Å². The van der Waals surface area contributed by atoms with Gasteiger partial charge in [0.15, 0.2) is 0 Å². The van der Waals surface area contributed by atoms with Gasteiger partial charge in [-0.2, -0.15) is 0 Å². The van der Waals surface area contributed by atoms with Crippen molar-refractivity contribution >= 4 is 11.6 Å². The monoisotopic (exact) mass is 265 g/mol. The first-order valence-electron chi connectivity index (χ1n) is 5.61.